The minimum Gasteiger partial charge on any atom is -0.497 e. The predicted octanol–water partition coefficient (Wildman–Crippen LogP) is 6.12. The molecule has 10 heteroatoms. The molecule has 5 aromatic heterocycles. The number of amides is 1. The smallest absolute Gasteiger partial charge is 0.224 e. The van der Waals surface area contributed by atoms with Gasteiger partial charge in [-0.25, -0.2) is 9.37 Å². The number of nitrogens with zero attached hydrogens (tertiary/aromatic N) is 4. The van der Waals surface area contributed by atoms with E-state index in [1.54, 1.807) is 30.9 Å². The molecule has 1 amide bonds. The van der Waals surface area contributed by atoms with Crippen LogP contribution in [0.4, 0.5) is 10.1 Å². The molecule has 0 spiro atoms. The monoisotopic (exact) mass is 521 g/mol. The fourth-order valence-electron chi connectivity index (χ4n) is 4.59. The Balaban J connectivity index is 1.40. The first kappa shape index (κ1) is 24.2. The zero-order chi connectivity index (χ0) is 26.9. The van der Waals surface area contributed by atoms with Gasteiger partial charge in [0.25, 0.3) is 0 Å². The molecule has 194 valence electrons. The van der Waals surface area contributed by atoms with Crippen LogP contribution in [0.2, 0.25) is 0 Å². The van der Waals surface area contributed by atoms with Crippen LogP contribution in [0.1, 0.15) is 19.8 Å². The number of anilines is 1. The Kier molecular flexibility index (Phi) is 6.20. The topological polar surface area (TPSA) is 121 Å². The van der Waals surface area contributed by atoms with Crippen LogP contribution >= 0.6 is 0 Å². The van der Waals surface area contributed by atoms with Crippen molar-refractivity contribution in [3.63, 3.8) is 0 Å². The van der Waals surface area contributed by atoms with Gasteiger partial charge in [-0.05, 0) is 48.4 Å². The summed E-state index contributed by atoms with van der Waals surface area (Å²) in [6.45, 7) is 1.96. The van der Waals surface area contributed by atoms with Crippen molar-refractivity contribution in [1.82, 2.24) is 30.1 Å². The molecule has 0 saturated carbocycles. The van der Waals surface area contributed by atoms with E-state index < -0.39 is 5.82 Å². The molecule has 9 nitrogen and oxygen atoms in total. The summed E-state index contributed by atoms with van der Waals surface area (Å²) in [7, 11) is 1.50. The summed E-state index contributed by atoms with van der Waals surface area (Å²) >= 11 is 0. The second-order valence-corrected chi connectivity index (χ2v) is 9.14. The molecule has 39 heavy (non-hydrogen) atoms. The molecule has 0 aliphatic rings. The summed E-state index contributed by atoms with van der Waals surface area (Å²) in [5.41, 5.74) is 7.06. The molecule has 0 radical (unpaired) electrons. The number of benzene rings is 1. The van der Waals surface area contributed by atoms with Crippen molar-refractivity contribution >= 4 is 33.5 Å². The number of halogens is 1. The second-order valence-electron chi connectivity index (χ2n) is 9.14. The van der Waals surface area contributed by atoms with Crippen molar-refractivity contribution in [3.8, 4) is 39.5 Å². The molecule has 6 rings (SSSR count). The van der Waals surface area contributed by atoms with E-state index in [0.717, 1.165) is 39.7 Å². The lowest BCUT2D eigenvalue weighted by Gasteiger charge is -2.06. The maximum atomic E-state index is 14.2. The third-order valence-electron chi connectivity index (χ3n) is 6.42. The van der Waals surface area contributed by atoms with E-state index >= 15 is 0 Å². The van der Waals surface area contributed by atoms with Gasteiger partial charge in [0.1, 0.15) is 22.8 Å². The van der Waals surface area contributed by atoms with Crippen molar-refractivity contribution in [1.29, 1.82) is 0 Å². The average Bonchev–Trinajstić information content (AvgIpc) is 3.56. The molecule has 0 aliphatic carbocycles. The van der Waals surface area contributed by atoms with Crippen LogP contribution in [0, 0.1) is 5.82 Å². The predicted molar refractivity (Wildman–Crippen MR) is 148 cm³/mol. The van der Waals surface area contributed by atoms with E-state index in [9.17, 15) is 9.18 Å². The number of carbonyl (C=O) groups excluding carboxylic acids is 1. The molecule has 6 aromatic rings. The van der Waals surface area contributed by atoms with Gasteiger partial charge in [0, 0.05) is 41.4 Å². The van der Waals surface area contributed by atoms with Crippen molar-refractivity contribution in [3.05, 3.63) is 73.1 Å². The highest BCUT2D eigenvalue weighted by atomic mass is 19.1. The summed E-state index contributed by atoms with van der Waals surface area (Å²) in [5.74, 6) is -0.0201. The molecule has 0 saturated heterocycles. The van der Waals surface area contributed by atoms with Gasteiger partial charge in [-0.3, -0.25) is 19.9 Å². The Bertz CT molecular complexity index is 1840. The summed E-state index contributed by atoms with van der Waals surface area (Å²) in [6.07, 6.45) is 7.95. The standard InChI is InChI=1S/C29H24FN7O2/c1-3-4-27(38)33-19-8-17(12-31-13-19)23-5-6-24-28(35-23)29(37-36-24)25-11-21-22(14-32-15-26(21)34-25)16-7-18(30)10-20(9-16)39-2/h5-15,34H,3-4H2,1-2H3,(H,33,38)(H,36,37). The maximum absolute atomic E-state index is 14.2. The number of aromatic amines is 2. The van der Waals surface area contributed by atoms with Crippen molar-refractivity contribution < 1.29 is 13.9 Å². The first-order chi connectivity index (χ1) is 19.0. The largest absolute Gasteiger partial charge is 0.497 e. The molecule has 0 atom stereocenters. The quantitative estimate of drug-likeness (QED) is 0.233. The molecule has 3 N–H and O–H groups in total. The van der Waals surface area contributed by atoms with Crippen molar-refractivity contribution in [2.75, 3.05) is 12.4 Å². The van der Waals surface area contributed by atoms with Gasteiger partial charge < -0.3 is 15.0 Å². The van der Waals surface area contributed by atoms with Crippen LogP contribution in [-0.2, 0) is 4.79 Å². The number of methoxy groups -OCH3 is 1. The van der Waals surface area contributed by atoms with Crippen LogP contribution in [0.3, 0.4) is 0 Å². The lowest BCUT2D eigenvalue weighted by Crippen LogP contribution is -2.10. The SMILES string of the molecule is CCCC(=O)Nc1cncc(-c2ccc3[nH]nc(-c4cc5c(-c6cc(F)cc(OC)c6)cncc5[nH]4)c3n2)c1. The number of H-pyrrole nitrogens is 2. The van der Waals surface area contributed by atoms with Gasteiger partial charge in [-0.15, -0.1) is 0 Å². The Morgan fingerprint density at radius 2 is 1.87 bits per heavy atom. The van der Waals surface area contributed by atoms with Gasteiger partial charge in [0.15, 0.2) is 0 Å². The number of hydrogen-bond donors (Lipinski definition) is 3. The molecule has 0 unspecified atom stereocenters. The van der Waals surface area contributed by atoms with Crippen LogP contribution < -0.4 is 10.1 Å². The van der Waals surface area contributed by atoms with E-state index in [2.05, 4.69) is 30.5 Å². The van der Waals surface area contributed by atoms with Crippen molar-refractivity contribution in [2.45, 2.75) is 19.8 Å². The normalized spacial score (nSPS) is 11.3. The Hall–Kier alpha value is -5.12. The summed E-state index contributed by atoms with van der Waals surface area (Å²) in [5, 5.41) is 11.3. The molecular formula is C29H24FN7O2. The third kappa shape index (κ3) is 4.68. The molecular weight excluding hydrogens is 497 g/mol. The van der Waals surface area contributed by atoms with Crippen molar-refractivity contribution in [2.24, 2.45) is 0 Å². The zero-order valence-electron chi connectivity index (χ0n) is 21.2. The highest BCUT2D eigenvalue weighted by molar-refractivity contribution is 6.00. The second kappa shape index (κ2) is 9.97. The van der Waals surface area contributed by atoms with Crippen LogP contribution in [0.15, 0.2) is 67.3 Å². The lowest BCUT2D eigenvalue weighted by molar-refractivity contribution is -0.116. The molecule has 1 aromatic carbocycles. The summed E-state index contributed by atoms with van der Waals surface area (Å²) < 4.78 is 19.5. The fourth-order valence-corrected chi connectivity index (χ4v) is 4.59. The van der Waals surface area contributed by atoms with Crippen LogP contribution in [-0.4, -0.2) is 43.2 Å². The minimum absolute atomic E-state index is 0.0543. The molecule has 0 aliphatic heterocycles. The number of nitrogens with one attached hydrogen (secondary N) is 3. The fraction of sp³-hybridized carbons (Fsp3) is 0.138. The number of fused-ring (bicyclic) bond motifs is 2. The minimum atomic E-state index is -0.393. The number of carbonyl (C=O) groups is 1. The first-order valence-electron chi connectivity index (χ1n) is 12.4. The highest BCUT2D eigenvalue weighted by Gasteiger charge is 2.17. The number of rotatable bonds is 7. The Morgan fingerprint density at radius 3 is 2.72 bits per heavy atom. The van der Waals surface area contributed by atoms with E-state index in [0.29, 0.717) is 40.3 Å². The van der Waals surface area contributed by atoms with Crippen LogP contribution in [0.5, 0.6) is 5.75 Å². The molecule has 0 fully saturated rings. The Morgan fingerprint density at radius 1 is 1.00 bits per heavy atom. The zero-order valence-corrected chi connectivity index (χ0v) is 21.2. The average molecular weight is 522 g/mol. The summed E-state index contributed by atoms with van der Waals surface area (Å²) in [4.78, 5) is 28.9. The van der Waals surface area contributed by atoms with E-state index in [4.69, 9.17) is 9.72 Å². The Labute approximate surface area is 222 Å². The molecule has 0 bridgehead atoms. The molecule has 5 heterocycles. The maximum Gasteiger partial charge on any atom is 0.224 e. The number of hydrogen-bond acceptors (Lipinski definition) is 6. The number of pyridine rings is 3. The van der Waals surface area contributed by atoms with E-state index in [1.165, 1.54) is 19.2 Å². The lowest BCUT2D eigenvalue weighted by atomic mass is 10.0. The van der Waals surface area contributed by atoms with Gasteiger partial charge >= 0.3 is 0 Å². The highest BCUT2D eigenvalue weighted by Crippen LogP contribution is 2.35. The van der Waals surface area contributed by atoms with E-state index in [1.807, 2.05) is 31.2 Å². The van der Waals surface area contributed by atoms with Gasteiger partial charge in [0.05, 0.1) is 47.6 Å². The van der Waals surface area contributed by atoms with Gasteiger partial charge in [0.2, 0.25) is 5.91 Å². The number of ether oxygens (including phenoxy) is 1. The van der Waals surface area contributed by atoms with Gasteiger partial charge in [-0.1, -0.05) is 6.92 Å². The van der Waals surface area contributed by atoms with Gasteiger partial charge in [-0.2, -0.15) is 5.10 Å². The third-order valence-corrected chi connectivity index (χ3v) is 6.42. The first-order valence-corrected chi connectivity index (χ1v) is 12.4. The van der Waals surface area contributed by atoms with Crippen LogP contribution in [0.25, 0.3) is 55.7 Å². The van der Waals surface area contributed by atoms with E-state index in [-0.39, 0.29) is 5.91 Å². The number of aromatic nitrogens is 6. The summed E-state index contributed by atoms with van der Waals surface area (Å²) in [6, 6.07) is 12.2.